The molecule has 3 rings (SSSR count). The van der Waals surface area contributed by atoms with Gasteiger partial charge < -0.3 is 10.1 Å². The second-order valence-electron chi connectivity index (χ2n) is 5.55. The molecule has 2 aromatic rings. The number of cyclic esters (lactones) is 1. The van der Waals surface area contributed by atoms with Gasteiger partial charge in [0.25, 0.3) is 0 Å². The molecule has 6 heteroatoms. The number of anilines is 2. The fraction of sp³-hybridized carbons (Fsp3) is 0.222. The van der Waals surface area contributed by atoms with Crippen molar-refractivity contribution in [2.24, 2.45) is 0 Å². The molecular formula is C18H17FN2O3. The molecular weight excluding hydrogens is 311 g/mol. The molecule has 1 atom stereocenters. The number of halogens is 1. The summed E-state index contributed by atoms with van der Waals surface area (Å²) < 4.78 is 18.7. The maximum Gasteiger partial charge on any atom is 0.414 e. The number of nitrogens with zero attached hydrogens (tertiary/aromatic N) is 1. The molecule has 0 radical (unpaired) electrons. The number of carbonyl (C=O) groups is 2. The molecule has 1 aliphatic rings. The Bertz CT molecular complexity index is 778. The Hall–Kier alpha value is -2.89. The summed E-state index contributed by atoms with van der Waals surface area (Å²) >= 11 is 0. The number of nitrogens with one attached hydrogen (secondary N) is 1. The molecule has 0 aromatic heterocycles. The molecule has 0 saturated carbocycles. The monoisotopic (exact) mass is 328 g/mol. The maximum absolute atomic E-state index is 13.8. The molecule has 2 aromatic carbocycles. The van der Waals surface area contributed by atoms with Crippen LogP contribution in [0, 0.1) is 5.82 Å². The number of ether oxygens (including phenoxy) is 1. The van der Waals surface area contributed by atoms with Gasteiger partial charge in [0.05, 0.1) is 12.5 Å². The minimum absolute atomic E-state index is 0.318. The zero-order chi connectivity index (χ0) is 17.1. The van der Waals surface area contributed by atoms with Gasteiger partial charge in [-0.1, -0.05) is 24.3 Å². The van der Waals surface area contributed by atoms with Crippen LogP contribution in [0.1, 0.15) is 18.4 Å². The zero-order valence-corrected chi connectivity index (χ0v) is 13.2. The topological polar surface area (TPSA) is 58.6 Å². The van der Waals surface area contributed by atoms with Gasteiger partial charge in [-0.25, -0.2) is 9.18 Å². The van der Waals surface area contributed by atoms with Crippen LogP contribution in [0.4, 0.5) is 20.6 Å². The maximum atomic E-state index is 13.8. The van der Waals surface area contributed by atoms with Crippen molar-refractivity contribution in [2.75, 3.05) is 23.4 Å². The second kappa shape index (κ2) is 6.70. The normalized spacial score (nSPS) is 15.1. The predicted octanol–water partition coefficient (Wildman–Crippen LogP) is 3.52. The lowest BCUT2D eigenvalue weighted by molar-refractivity contribution is -0.117. The largest absolute Gasteiger partial charge is 0.447 e. The first-order valence-electron chi connectivity index (χ1n) is 7.66. The van der Waals surface area contributed by atoms with Crippen molar-refractivity contribution in [3.05, 3.63) is 59.9 Å². The Labute approximate surface area is 139 Å². The first-order chi connectivity index (χ1) is 11.6. The minimum Gasteiger partial charge on any atom is -0.447 e. The first kappa shape index (κ1) is 16.0. The standard InChI is InChI=1S/C18H17FN2O3/c1-12(15-7-2-3-8-16(15)19)17(22)20-13-5-4-6-14(11-13)21-9-10-24-18(21)23/h2-8,11-12H,9-10H2,1H3,(H,20,22). The van der Waals surface area contributed by atoms with E-state index in [-0.39, 0.29) is 5.91 Å². The van der Waals surface area contributed by atoms with Crippen LogP contribution in [-0.4, -0.2) is 25.2 Å². The van der Waals surface area contributed by atoms with Crippen LogP contribution in [0.15, 0.2) is 48.5 Å². The third-order valence-corrected chi connectivity index (χ3v) is 3.95. The van der Waals surface area contributed by atoms with Gasteiger partial charge in [-0.3, -0.25) is 9.69 Å². The Morgan fingerprint density at radius 2 is 2.04 bits per heavy atom. The third kappa shape index (κ3) is 3.22. The summed E-state index contributed by atoms with van der Waals surface area (Å²) in [5, 5.41) is 2.76. The van der Waals surface area contributed by atoms with Gasteiger partial charge in [-0.2, -0.15) is 0 Å². The van der Waals surface area contributed by atoms with E-state index in [4.69, 9.17) is 4.74 Å². The summed E-state index contributed by atoms with van der Waals surface area (Å²) in [7, 11) is 0. The Morgan fingerprint density at radius 1 is 1.25 bits per heavy atom. The number of carbonyl (C=O) groups excluding carboxylic acids is 2. The van der Waals surface area contributed by atoms with E-state index < -0.39 is 17.8 Å². The van der Waals surface area contributed by atoms with Crippen LogP contribution in [0.3, 0.4) is 0 Å². The first-order valence-corrected chi connectivity index (χ1v) is 7.66. The van der Waals surface area contributed by atoms with Crippen LogP contribution < -0.4 is 10.2 Å². The van der Waals surface area contributed by atoms with E-state index in [1.807, 2.05) is 0 Å². The van der Waals surface area contributed by atoms with Crippen molar-refractivity contribution in [1.29, 1.82) is 0 Å². The van der Waals surface area contributed by atoms with Crippen molar-refractivity contribution in [3.63, 3.8) is 0 Å². The van der Waals surface area contributed by atoms with E-state index in [2.05, 4.69) is 5.32 Å². The van der Waals surface area contributed by atoms with E-state index in [0.29, 0.717) is 30.1 Å². The Kier molecular flexibility index (Phi) is 4.46. The number of rotatable bonds is 4. The van der Waals surface area contributed by atoms with Gasteiger partial charge in [0.1, 0.15) is 12.4 Å². The highest BCUT2D eigenvalue weighted by Gasteiger charge is 2.24. The highest BCUT2D eigenvalue weighted by molar-refractivity contribution is 5.97. The van der Waals surface area contributed by atoms with E-state index >= 15 is 0 Å². The van der Waals surface area contributed by atoms with Gasteiger partial charge in [-0.05, 0) is 36.8 Å². The lowest BCUT2D eigenvalue weighted by Gasteiger charge is -2.16. The summed E-state index contributed by atoms with van der Waals surface area (Å²) in [6.45, 7) is 2.47. The van der Waals surface area contributed by atoms with E-state index in [1.165, 1.54) is 11.0 Å². The molecule has 1 fully saturated rings. The van der Waals surface area contributed by atoms with Crippen molar-refractivity contribution in [1.82, 2.24) is 0 Å². The second-order valence-corrected chi connectivity index (χ2v) is 5.55. The Morgan fingerprint density at radius 3 is 2.75 bits per heavy atom. The van der Waals surface area contributed by atoms with Crippen LogP contribution in [-0.2, 0) is 9.53 Å². The van der Waals surface area contributed by atoms with Crippen LogP contribution in [0.25, 0.3) is 0 Å². The van der Waals surface area contributed by atoms with Gasteiger partial charge in [0.2, 0.25) is 5.91 Å². The smallest absolute Gasteiger partial charge is 0.414 e. The van der Waals surface area contributed by atoms with Gasteiger partial charge in [-0.15, -0.1) is 0 Å². The van der Waals surface area contributed by atoms with Gasteiger partial charge >= 0.3 is 6.09 Å². The quantitative estimate of drug-likeness (QED) is 0.934. The number of hydrogen-bond acceptors (Lipinski definition) is 3. The van der Waals surface area contributed by atoms with E-state index in [9.17, 15) is 14.0 Å². The highest BCUT2D eigenvalue weighted by atomic mass is 19.1. The lowest BCUT2D eigenvalue weighted by atomic mass is 9.99. The molecule has 24 heavy (non-hydrogen) atoms. The molecule has 5 nitrogen and oxygen atoms in total. The van der Waals surface area contributed by atoms with Crippen LogP contribution >= 0.6 is 0 Å². The molecule has 0 bridgehead atoms. The van der Waals surface area contributed by atoms with Crippen molar-refractivity contribution in [2.45, 2.75) is 12.8 Å². The summed E-state index contributed by atoms with van der Waals surface area (Å²) in [6.07, 6.45) is -0.404. The summed E-state index contributed by atoms with van der Waals surface area (Å²) in [6, 6.07) is 13.1. The zero-order valence-electron chi connectivity index (χ0n) is 13.2. The molecule has 1 unspecified atom stereocenters. The molecule has 1 aliphatic heterocycles. The number of benzene rings is 2. The molecule has 124 valence electrons. The van der Waals surface area contributed by atoms with Crippen molar-refractivity contribution >= 4 is 23.4 Å². The summed E-state index contributed by atoms with van der Waals surface area (Å²) in [5.74, 6) is -1.36. The molecule has 1 saturated heterocycles. The highest BCUT2D eigenvalue weighted by Crippen LogP contribution is 2.24. The van der Waals surface area contributed by atoms with Crippen LogP contribution in [0.5, 0.6) is 0 Å². The van der Waals surface area contributed by atoms with Crippen LogP contribution in [0.2, 0.25) is 0 Å². The average molecular weight is 328 g/mol. The third-order valence-electron chi connectivity index (χ3n) is 3.95. The van der Waals surface area contributed by atoms with Gasteiger partial charge in [0, 0.05) is 11.4 Å². The van der Waals surface area contributed by atoms with Crippen molar-refractivity contribution < 1.29 is 18.7 Å². The molecule has 1 N–H and O–H groups in total. The molecule has 0 spiro atoms. The fourth-order valence-electron chi connectivity index (χ4n) is 2.60. The number of hydrogen-bond donors (Lipinski definition) is 1. The number of amides is 2. The average Bonchev–Trinajstić information content (AvgIpc) is 3.01. The SMILES string of the molecule is CC(C(=O)Nc1cccc(N2CCOC2=O)c1)c1ccccc1F. The van der Waals surface area contributed by atoms with Gasteiger partial charge in [0.15, 0.2) is 0 Å². The fourth-order valence-corrected chi connectivity index (χ4v) is 2.60. The summed E-state index contributed by atoms with van der Waals surface area (Å²) in [4.78, 5) is 25.5. The molecule has 2 amide bonds. The lowest BCUT2D eigenvalue weighted by Crippen LogP contribution is -2.24. The van der Waals surface area contributed by atoms with E-state index in [0.717, 1.165) is 0 Å². The molecule has 1 heterocycles. The van der Waals surface area contributed by atoms with Crippen molar-refractivity contribution in [3.8, 4) is 0 Å². The molecule has 0 aliphatic carbocycles. The Balaban J connectivity index is 1.75. The predicted molar refractivity (Wildman–Crippen MR) is 88.6 cm³/mol. The van der Waals surface area contributed by atoms with E-state index in [1.54, 1.807) is 49.4 Å². The summed E-state index contributed by atoms with van der Waals surface area (Å²) in [5.41, 5.74) is 1.53. The minimum atomic E-state index is -0.633.